The van der Waals surface area contributed by atoms with Crippen LogP contribution in [0, 0.1) is 11.8 Å². The Morgan fingerprint density at radius 2 is 1.94 bits per heavy atom. The summed E-state index contributed by atoms with van der Waals surface area (Å²) in [4.78, 5) is 0. The van der Waals surface area contributed by atoms with Crippen molar-refractivity contribution in [1.82, 2.24) is 0 Å². The molecule has 1 nitrogen and oxygen atoms in total. The topological polar surface area (TPSA) is 9.23 Å². The van der Waals surface area contributed by atoms with Crippen molar-refractivity contribution in [1.29, 1.82) is 0 Å². The van der Waals surface area contributed by atoms with Gasteiger partial charge in [0.15, 0.2) is 0 Å². The maximum Gasteiger partial charge on any atom is 0.0871 e. The first-order valence-corrected chi connectivity index (χ1v) is 7.29. The average molecular weight is 242 g/mol. The zero-order valence-corrected chi connectivity index (χ0v) is 11.6. The van der Waals surface area contributed by atoms with Gasteiger partial charge in [-0.05, 0) is 61.5 Å². The molecule has 3 aliphatic rings. The van der Waals surface area contributed by atoms with Gasteiger partial charge < -0.3 is 4.74 Å². The lowest BCUT2D eigenvalue weighted by Crippen LogP contribution is -2.50. The summed E-state index contributed by atoms with van der Waals surface area (Å²) in [5.41, 5.74) is 3.46. The highest BCUT2D eigenvalue weighted by Gasteiger charge is 2.58. The molecule has 0 radical (unpaired) electrons. The lowest BCUT2D eigenvalue weighted by atomic mass is 9.60. The van der Waals surface area contributed by atoms with Crippen LogP contribution in [0.3, 0.4) is 0 Å². The van der Waals surface area contributed by atoms with Gasteiger partial charge in [-0.15, -0.1) is 0 Å². The SMILES string of the molecule is CC1(C)O[C@H]2c3ccccc3[C@]3(C)CC[C@H]1C[C@@H]23. The van der Waals surface area contributed by atoms with Gasteiger partial charge in [-0.1, -0.05) is 31.2 Å². The number of benzene rings is 1. The molecule has 0 N–H and O–H groups in total. The summed E-state index contributed by atoms with van der Waals surface area (Å²) >= 11 is 0. The third kappa shape index (κ3) is 1.17. The summed E-state index contributed by atoms with van der Waals surface area (Å²) in [6.45, 7) is 7.04. The molecule has 0 aromatic heterocycles. The van der Waals surface area contributed by atoms with Gasteiger partial charge in [0.25, 0.3) is 0 Å². The van der Waals surface area contributed by atoms with Crippen LogP contribution in [0.4, 0.5) is 0 Å². The second-order valence-electron chi connectivity index (χ2n) is 7.22. The van der Waals surface area contributed by atoms with Gasteiger partial charge >= 0.3 is 0 Å². The molecule has 1 aromatic carbocycles. The van der Waals surface area contributed by atoms with E-state index in [1.807, 2.05) is 0 Å². The van der Waals surface area contributed by atoms with Crippen molar-refractivity contribution in [2.45, 2.75) is 57.2 Å². The Morgan fingerprint density at radius 3 is 2.78 bits per heavy atom. The van der Waals surface area contributed by atoms with E-state index in [-0.39, 0.29) is 5.60 Å². The summed E-state index contributed by atoms with van der Waals surface area (Å²) in [7, 11) is 0. The monoisotopic (exact) mass is 242 g/mol. The fraction of sp³-hybridized carbons (Fsp3) is 0.647. The highest BCUT2D eigenvalue weighted by atomic mass is 16.5. The van der Waals surface area contributed by atoms with E-state index in [1.54, 1.807) is 5.56 Å². The van der Waals surface area contributed by atoms with Gasteiger partial charge in [-0.2, -0.15) is 0 Å². The summed E-state index contributed by atoms with van der Waals surface area (Å²) < 4.78 is 6.52. The van der Waals surface area contributed by atoms with Gasteiger partial charge in [0.2, 0.25) is 0 Å². The summed E-state index contributed by atoms with van der Waals surface area (Å²) in [6, 6.07) is 8.99. The van der Waals surface area contributed by atoms with E-state index in [0.29, 0.717) is 17.4 Å². The maximum atomic E-state index is 6.52. The van der Waals surface area contributed by atoms with E-state index in [4.69, 9.17) is 4.74 Å². The molecular weight excluding hydrogens is 220 g/mol. The van der Waals surface area contributed by atoms with Crippen molar-refractivity contribution < 1.29 is 4.74 Å². The van der Waals surface area contributed by atoms with Crippen LogP contribution in [-0.4, -0.2) is 5.60 Å². The van der Waals surface area contributed by atoms with Crippen LogP contribution in [0.2, 0.25) is 0 Å². The molecule has 1 aliphatic heterocycles. The molecule has 2 fully saturated rings. The fourth-order valence-electron chi connectivity index (χ4n) is 4.82. The van der Waals surface area contributed by atoms with Gasteiger partial charge in [-0.3, -0.25) is 0 Å². The first kappa shape index (κ1) is 11.0. The normalized spacial score (nSPS) is 43.6. The van der Waals surface area contributed by atoms with E-state index in [1.165, 1.54) is 24.8 Å². The minimum Gasteiger partial charge on any atom is -0.367 e. The molecule has 0 amide bonds. The minimum absolute atomic E-state index is 0.0555. The zero-order valence-electron chi connectivity index (χ0n) is 11.6. The molecule has 96 valence electrons. The van der Waals surface area contributed by atoms with Gasteiger partial charge in [0.1, 0.15) is 0 Å². The Morgan fingerprint density at radius 1 is 1.17 bits per heavy atom. The van der Waals surface area contributed by atoms with Crippen LogP contribution in [-0.2, 0) is 10.2 Å². The van der Waals surface area contributed by atoms with Crippen LogP contribution in [0.5, 0.6) is 0 Å². The van der Waals surface area contributed by atoms with E-state index in [2.05, 4.69) is 45.0 Å². The number of rotatable bonds is 0. The molecule has 1 saturated carbocycles. The average Bonchev–Trinajstić information content (AvgIpc) is 2.61. The number of ether oxygens (including phenoxy) is 1. The predicted octanol–water partition coefficient (Wildman–Crippen LogP) is 4.22. The molecule has 0 spiro atoms. The molecule has 1 aromatic rings. The predicted molar refractivity (Wildman–Crippen MR) is 72.5 cm³/mol. The second kappa shape index (κ2) is 3.19. The summed E-state index contributed by atoms with van der Waals surface area (Å²) in [6.07, 6.45) is 4.35. The highest BCUT2D eigenvalue weighted by molar-refractivity contribution is 5.44. The summed E-state index contributed by atoms with van der Waals surface area (Å²) in [5.74, 6) is 1.46. The molecule has 2 aliphatic carbocycles. The smallest absolute Gasteiger partial charge is 0.0871 e. The molecule has 4 atom stereocenters. The third-order valence-electron chi connectivity index (χ3n) is 6.03. The highest BCUT2D eigenvalue weighted by Crippen LogP contribution is 2.63. The third-order valence-corrected chi connectivity index (χ3v) is 6.03. The van der Waals surface area contributed by atoms with Gasteiger partial charge in [0, 0.05) is 0 Å². The molecule has 1 saturated heterocycles. The number of hydrogen-bond donors (Lipinski definition) is 0. The Kier molecular flexibility index (Phi) is 1.96. The molecule has 2 bridgehead atoms. The Labute approximate surface area is 110 Å². The second-order valence-corrected chi connectivity index (χ2v) is 7.22. The van der Waals surface area contributed by atoms with Gasteiger partial charge in [-0.25, -0.2) is 0 Å². The van der Waals surface area contributed by atoms with E-state index in [9.17, 15) is 0 Å². The van der Waals surface area contributed by atoms with Crippen LogP contribution in [0.1, 0.15) is 57.3 Å². The molecule has 1 heteroatoms. The largest absolute Gasteiger partial charge is 0.367 e. The first-order chi connectivity index (χ1) is 8.52. The van der Waals surface area contributed by atoms with Crippen molar-refractivity contribution in [3.8, 4) is 0 Å². The van der Waals surface area contributed by atoms with Crippen LogP contribution < -0.4 is 0 Å². The summed E-state index contributed by atoms with van der Waals surface area (Å²) in [5, 5.41) is 0. The van der Waals surface area contributed by atoms with E-state index >= 15 is 0 Å². The maximum absolute atomic E-state index is 6.52. The Hall–Kier alpha value is -0.820. The molecule has 4 rings (SSSR count). The van der Waals surface area contributed by atoms with Gasteiger partial charge in [0.05, 0.1) is 11.7 Å². The number of hydrogen-bond acceptors (Lipinski definition) is 1. The minimum atomic E-state index is 0.0555. The Balaban J connectivity index is 1.91. The zero-order chi connectivity index (χ0) is 12.5. The Bertz CT molecular complexity index is 504. The first-order valence-electron chi connectivity index (χ1n) is 7.29. The van der Waals surface area contributed by atoms with E-state index in [0.717, 1.165) is 5.92 Å². The lowest BCUT2D eigenvalue weighted by molar-refractivity contribution is -0.192. The van der Waals surface area contributed by atoms with Crippen molar-refractivity contribution in [3.05, 3.63) is 35.4 Å². The quantitative estimate of drug-likeness (QED) is 0.661. The van der Waals surface area contributed by atoms with Crippen LogP contribution in [0.25, 0.3) is 0 Å². The fourth-order valence-corrected chi connectivity index (χ4v) is 4.82. The molecule has 0 unspecified atom stereocenters. The van der Waals surface area contributed by atoms with Crippen LogP contribution in [0.15, 0.2) is 24.3 Å². The standard InChI is InChI=1S/C17H22O/c1-16(2)11-8-9-17(3)13-7-5-4-6-12(13)15(18-16)14(17)10-11/h4-7,11,14-15H,8-10H2,1-3H3/t11-,14-,15-,17-/m0/s1. The lowest BCUT2D eigenvalue weighted by Gasteiger charge is -2.52. The number of fused-ring (bicyclic) bond motifs is 4. The van der Waals surface area contributed by atoms with Crippen molar-refractivity contribution in [2.75, 3.05) is 0 Å². The van der Waals surface area contributed by atoms with Crippen molar-refractivity contribution in [2.24, 2.45) is 11.8 Å². The van der Waals surface area contributed by atoms with Crippen LogP contribution >= 0.6 is 0 Å². The molecular formula is C17H22O. The molecule has 18 heavy (non-hydrogen) atoms. The van der Waals surface area contributed by atoms with E-state index < -0.39 is 0 Å². The molecule has 1 heterocycles. The van der Waals surface area contributed by atoms with Crippen molar-refractivity contribution >= 4 is 0 Å². The van der Waals surface area contributed by atoms with Crippen molar-refractivity contribution in [3.63, 3.8) is 0 Å².